The van der Waals surface area contributed by atoms with Crippen LogP contribution in [0.5, 0.6) is 0 Å². The molecule has 0 aliphatic carbocycles. The van der Waals surface area contributed by atoms with Gasteiger partial charge in [0.05, 0.1) is 6.61 Å². The van der Waals surface area contributed by atoms with Gasteiger partial charge in [-0.2, -0.15) is 0 Å². The van der Waals surface area contributed by atoms with Crippen LogP contribution in [0, 0.1) is 11.8 Å². The molecule has 3 heteroatoms. The summed E-state index contributed by atoms with van der Waals surface area (Å²) in [4.78, 5) is 2.69. The lowest BCUT2D eigenvalue weighted by Gasteiger charge is -2.47. The van der Waals surface area contributed by atoms with E-state index in [-0.39, 0.29) is 0 Å². The van der Waals surface area contributed by atoms with E-state index in [1.54, 1.807) is 0 Å². The molecule has 18 heavy (non-hydrogen) atoms. The Morgan fingerprint density at radius 2 is 1.94 bits per heavy atom. The zero-order valence-corrected chi connectivity index (χ0v) is 13.1. The molecule has 3 atom stereocenters. The molecule has 1 aliphatic rings. The summed E-state index contributed by atoms with van der Waals surface area (Å²) >= 11 is 0. The highest BCUT2D eigenvalue weighted by Crippen LogP contribution is 2.22. The average Bonchev–Trinajstić information content (AvgIpc) is 2.28. The van der Waals surface area contributed by atoms with Crippen molar-refractivity contribution in [2.24, 2.45) is 11.8 Å². The van der Waals surface area contributed by atoms with E-state index in [0.29, 0.717) is 30.0 Å². The molecule has 1 rings (SSSR count). The van der Waals surface area contributed by atoms with Crippen LogP contribution in [0.4, 0.5) is 0 Å². The summed E-state index contributed by atoms with van der Waals surface area (Å²) in [6.07, 6.45) is 0. The highest BCUT2D eigenvalue weighted by atomic mass is 16.5. The van der Waals surface area contributed by atoms with Gasteiger partial charge in [-0.1, -0.05) is 27.7 Å². The van der Waals surface area contributed by atoms with Gasteiger partial charge in [0, 0.05) is 37.8 Å². The van der Waals surface area contributed by atoms with Crippen LogP contribution < -0.4 is 5.32 Å². The quantitative estimate of drug-likeness (QED) is 0.789. The van der Waals surface area contributed by atoms with E-state index in [0.717, 1.165) is 26.3 Å². The topological polar surface area (TPSA) is 24.5 Å². The number of hydrogen-bond donors (Lipinski definition) is 1. The maximum absolute atomic E-state index is 5.71. The second-order valence-corrected chi connectivity index (χ2v) is 6.29. The van der Waals surface area contributed by atoms with Crippen molar-refractivity contribution in [3.8, 4) is 0 Å². The number of nitrogens with one attached hydrogen (secondary N) is 1. The zero-order chi connectivity index (χ0) is 13.7. The monoisotopic (exact) mass is 256 g/mol. The first-order valence-electron chi connectivity index (χ1n) is 7.54. The normalized spacial score (nSPS) is 28.0. The van der Waals surface area contributed by atoms with Crippen molar-refractivity contribution in [1.29, 1.82) is 0 Å². The van der Waals surface area contributed by atoms with Gasteiger partial charge in [-0.25, -0.2) is 0 Å². The summed E-state index contributed by atoms with van der Waals surface area (Å²) in [6, 6.07) is 1.76. The fourth-order valence-corrected chi connectivity index (χ4v) is 2.87. The third-order valence-corrected chi connectivity index (χ3v) is 4.04. The van der Waals surface area contributed by atoms with Crippen LogP contribution >= 0.6 is 0 Å². The maximum Gasteiger partial charge on any atom is 0.0624 e. The number of hydrogen-bond acceptors (Lipinski definition) is 3. The molecule has 0 saturated carbocycles. The third-order valence-electron chi connectivity index (χ3n) is 4.04. The molecule has 0 spiro atoms. The Morgan fingerprint density at radius 1 is 1.28 bits per heavy atom. The molecule has 0 bridgehead atoms. The molecular weight excluding hydrogens is 224 g/mol. The lowest BCUT2D eigenvalue weighted by atomic mass is 9.93. The summed E-state index contributed by atoms with van der Waals surface area (Å²) in [6.45, 7) is 17.6. The molecular formula is C15H32N2O. The molecule has 0 aromatic rings. The van der Waals surface area contributed by atoms with Crippen molar-refractivity contribution in [1.82, 2.24) is 10.2 Å². The molecule has 1 N–H and O–H groups in total. The van der Waals surface area contributed by atoms with Gasteiger partial charge in [0.1, 0.15) is 0 Å². The van der Waals surface area contributed by atoms with Crippen LogP contribution in [-0.4, -0.2) is 49.3 Å². The molecule has 108 valence electrons. The van der Waals surface area contributed by atoms with Gasteiger partial charge >= 0.3 is 0 Å². The molecule has 1 fully saturated rings. The summed E-state index contributed by atoms with van der Waals surface area (Å²) in [7, 11) is 0. The average molecular weight is 256 g/mol. The SMILES string of the molecule is CCOCC(C(C)C)N1CC(C)NCC1C(C)C. The number of piperazine rings is 1. The lowest BCUT2D eigenvalue weighted by Crippen LogP contribution is -2.62. The first-order chi connectivity index (χ1) is 8.47. The number of rotatable bonds is 6. The Labute approximate surface area is 113 Å². The van der Waals surface area contributed by atoms with E-state index in [4.69, 9.17) is 4.74 Å². The first kappa shape index (κ1) is 15.9. The minimum Gasteiger partial charge on any atom is -0.380 e. The van der Waals surface area contributed by atoms with Gasteiger partial charge in [0.15, 0.2) is 0 Å². The Hall–Kier alpha value is -0.120. The van der Waals surface area contributed by atoms with Gasteiger partial charge < -0.3 is 10.1 Å². The predicted octanol–water partition coefficient (Wildman–Crippen LogP) is 2.37. The summed E-state index contributed by atoms with van der Waals surface area (Å²) in [5.41, 5.74) is 0. The van der Waals surface area contributed by atoms with E-state index in [1.165, 1.54) is 0 Å². The van der Waals surface area contributed by atoms with Crippen LogP contribution in [0.3, 0.4) is 0 Å². The van der Waals surface area contributed by atoms with Crippen molar-refractivity contribution in [2.75, 3.05) is 26.3 Å². The fourth-order valence-electron chi connectivity index (χ4n) is 2.87. The Kier molecular flexibility index (Phi) is 6.61. The molecule has 0 amide bonds. The Morgan fingerprint density at radius 3 is 2.44 bits per heavy atom. The van der Waals surface area contributed by atoms with Gasteiger partial charge in [-0.3, -0.25) is 4.90 Å². The van der Waals surface area contributed by atoms with Gasteiger partial charge in [0.2, 0.25) is 0 Å². The van der Waals surface area contributed by atoms with E-state index in [1.807, 2.05) is 0 Å². The van der Waals surface area contributed by atoms with Crippen LogP contribution in [-0.2, 0) is 4.74 Å². The molecule has 3 unspecified atom stereocenters. The highest BCUT2D eigenvalue weighted by molar-refractivity contribution is 4.90. The first-order valence-corrected chi connectivity index (χ1v) is 7.54. The maximum atomic E-state index is 5.71. The Balaban J connectivity index is 2.75. The van der Waals surface area contributed by atoms with Gasteiger partial charge in [0.25, 0.3) is 0 Å². The molecule has 3 nitrogen and oxygen atoms in total. The van der Waals surface area contributed by atoms with Crippen LogP contribution in [0.25, 0.3) is 0 Å². The van der Waals surface area contributed by atoms with E-state index in [2.05, 4.69) is 51.8 Å². The molecule has 0 radical (unpaired) electrons. The summed E-state index contributed by atoms with van der Waals surface area (Å²) in [5.74, 6) is 1.33. The summed E-state index contributed by atoms with van der Waals surface area (Å²) in [5, 5.41) is 3.61. The number of nitrogens with zero attached hydrogens (tertiary/aromatic N) is 1. The zero-order valence-electron chi connectivity index (χ0n) is 13.1. The minimum absolute atomic E-state index is 0.543. The van der Waals surface area contributed by atoms with E-state index >= 15 is 0 Å². The lowest BCUT2D eigenvalue weighted by molar-refractivity contribution is -0.00987. The predicted molar refractivity (Wildman–Crippen MR) is 77.9 cm³/mol. The van der Waals surface area contributed by atoms with Crippen molar-refractivity contribution in [2.45, 2.75) is 59.7 Å². The Bertz CT molecular complexity index is 231. The molecule has 1 saturated heterocycles. The fraction of sp³-hybridized carbons (Fsp3) is 1.00. The standard InChI is InChI=1S/C15H32N2O/c1-7-18-10-15(12(4)5)17-9-13(6)16-8-14(17)11(2)3/h11-16H,7-10H2,1-6H3. The van der Waals surface area contributed by atoms with Crippen LogP contribution in [0.2, 0.25) is 0 Å². The smallest absolute Gasteiger partial charge is 0.0624 e. The van der Waals surface area contributed by atoms with Crippen LogP contribution in [0.15, 0.2) is 0 Å². The van der Waals surface area contributed by atoms with E-state index in [9.17, 15) is 0 Å². The van der Waals surface area contributed by atoms with Crippen molar-refractivity contribution in [3.05, 3.63) is 0 Å². The van der Waals surface area contributed by atoms with Crippen molar-refractivity contribution >= 4 is 0 Å². The summed E-state index contributed by atoms with van der Waals surface area (Å²) < 4.78 is 5.71. The highest BCUT2D eigenvalue weighted by Gasteiger charge is 2.34. The second kappa shape index (κ2) is 7.46. The second-order valence-electron chi connectivity index (χ2n) is 6.29. The van der Waals surface area contributed by atoms with Crippen molar-refractivity contribution < 1.29 is 4.74 Å². The van der Waals surface area contributed by atoms with Crippen LogP contribution in [0.1, 0.15) is 41.5 Å². The minimum atomic E-state index is 0.543. The van der Waals surface area contributed by atoms with Crippen molar-refractivity contribution in [3.63, 3.8) is 0 Å². The molecule has 1 aliphatic heterocycles. The van der Waals surface area contributed by atoms with E-state index < -0.39 is 0 Å². The van der Waals surface area contributed by atoms with Gasteiger partial charge in [-0.05, 0) is 25.7 Å². The largest absolute Gasteiger partial charge is 0.380 e. The third kappa shape index (κ3) is 4.22. The molecule has 0 aromatic carbocycles. The van der Waals surface area contributed by atoms with Gasteiger partial charge in [-0.15, -0.1) is 0 Å². The molecule has 0 aromatic heterocycles. The molecule has 1 heterocycles. The number of ether oxygens (including phenoxy) is 1.